The van der Waals surface area contributed by atoms with Crippen LogP contribution in [-0.2, 0) is 16.0 Å². The highest BCUT2D eigenvalue weighted by Gasteiger charge is 2.33. The summed E-state index contributed by atoms with van der Waals surface area (Å²) in [7, 11) is 0. The van der Waals surface area contributed by atoms with Gasteiger partial charge >= 0.3 is 5.97 Å². The van der Waals surface area contributed by atoms with E-state index in [-0.39, 0.29) is 12.3 Å². The van der Waals surface area contributed by atoms with Crippen LogP contribution in [-0.4, -0.2) is 22.5 Å². The molecule has 0 aliphatic heterocycles. The van der Waals surface area contributed by atoms with E-state index in [2.05, 4.69) is 5.32 Å². The highest BCUT2D eigenvalue weighted by atomic mass is 16.4. The second-order valence-corrected chi connectivity index (χ2v) is 4.95. The number of aliphatic carboxylic acids is 1. The first-order valence-corrected chi connectivity index (χ1v) is 6.47. The number of aryl methyl sites for hydroxylation is 2. The second-order valence-electron chi connectivity index (χ2n) is 4.95. The van der Waals surface area contributed by atoms with Crippen molar-refractivity contribution in [1.29, 1.82) is 0 Å². The molecule has 106 valence electrons. The topological polar surface area (TPSA) is 79.5 Å². The summed E-state index contributed by atoms with van der Waals surface area (Å²) >= 11 is 0. The number of rotatable bonds is 7. The Morgan fingerprint density at radius 2 is 2.11 bits per heavy atom. The first kappa shape index (κ1) is 15.3. The number of carboxylic acid groups (broad SMARTS) is 1. The average Bonchev–Trinajstić information content (AvgIpc) is 2.72. The number of carbonyl (C=O) groups excluding carboxylic acids is 1. The first-order chi connectivity index (χ1) is 8.87. The quantitative estimate of drug-likeness (QED) is 0.794. The van der Waals surface area contributed by atoms with Crippen molar-refractivity contribution in [2.45, 2.75) is 52.0 Å². The molecule has 0 aliphatic rings. The van der Waals surface area contributed by atoms with Crippen molar-refractivity contribution in [1.82, 2.24) is 5.32 Å². The molecular formula is C14H21NO4. The van der Waals surface area contributed by atoms with E-state index in [0.717, 1.165) is 11.5 Å². The molecule has 0 bridgehead atoms. The zero-order valence-corrected chi connectivity index (χ0v) is 11.7. The van der Waals surface area contributed by atoms with Crippen LogP contribution in [0.25, 0.3) is 0 Å². The fourth-order valence-corrected chi connectivity index (χ4v) is 1.95. The molecule has 1 amide bonds. The van der Waals surface area contributed by atoms with Gasteiger partial charge in [-0.25, -0.2) is 4.79 Å². The first-order valence-electron chi connectivity index (χ1n) is 6.47. The zero-order chi connectivity index (χ0) is 14.5. The predicted octanol–water partition coefficient (Wildman–Crippen LogP) is 2.28. The van der Waals surface area contributed by atoms with Crippen LogP contribution in [0.2, 0.25) is 0 Å². The Bertz CT molecular complexity index is 452. The summed E-state index contributed by atoms with van der Waals surface area (Å²) < 4.78 is 5.36. The summed E-state index contributed by atoms with van der Waals surface area (Å²) in [6.07, 6.45) is 1.80. The number of hydrogen-bond acceptors (Lipinski definition) is 3. The molecule has 5 nitrogen and oxygen atoms in total. The van der Waals surface area contributed by atoms with E-state index in [0.29, 0.717) is 19.3 Å². The fraction of sp³-hybridized carbons (Fsp3) is 0.571. The third-order valence-electron chi connectivity index (χ3n) is 3.03. The molecule has 19 heavy (non-hydrogen) atoms. The lowest BCUT2D eigenvalue weighted by Crippen LogP contribution is -2.52. The summed E-state index contributed by atoms with van der Waals surface area (Å²) in [6, 6.07) is 3.66. The molecule has 1 heterocycles. The summed E-state index contributed by atoms with van der Waals surface area (Å²) in [6.45, 7) is 5.26. The average molecular weight is 267 g/mol. The van der Waals surface area contributed by atoms with Gasteiger partial charge in [-0.05, 0) is 32.4 Å². The highest BCUT2D eigenvalue weighted by molar-refractivity contribution is 5.86. The molecule has 0 unspecified atom stereocenters. The number of furan rings is 1. The standard InChI is InChI=1S/C14H21NO4/c1-4-9-14(3,13(17)18)15-12(16)8-7-11-6-5-10(2)19-11/h5-6H,4,7-9H2,1-3H3,(H,15,16)(H,17,18)/t14-/m0/s1. The van der Waals surface area contributed by atoms with Gasteiger partial charge in [-0.1, -0.05) is 13.3 Å². The molecule has 1 atom stereocenters. The van der Waals surface area contributed by atoms with Crippen molar-refractivity contribution in [3.63, 3.8) is 0 Å². The summed E-state index contributed by atoms with van der Waals surface area (Å²) in [5.41, 5.74) is -1.19. The van der Waals surface area contributed by atoms with Crippen molar-refractivity contribution >= 4 is 11.9 Å². The molecule has 5 heteroatoms. The molecule has 0 aromatic carbocycles. The van der Waals surface area contributed by atoms with Crippen molar-refractivity contribution < 1.29 is 19.1 Å². The van der Waals surface area contributed by atoms with E-state index < -0.39 is 11.5 Å². The summed E-state index contributed by atoms with van der Waals surface area (Å²) in [5.74, 6) is 0.265. The van der Waals surface area contributed by atoms with Gasteiger partial charge in [-0.15, -0.1) is 0 Å². The van der Waals surface area contributed by atoms with Gasteiger partial charge in [0.15, 0.2) is 0 Å². The minimum absolute atomic E-state index is 0.222. The van der Waals surface area contributed by atoms with E-state index in [4.69, 9.17) is 9.52 Å². The smallest absolute Gasteiger partial charge is 0.329 e. The molecule has 0 spiro atoms. The number of nitrogens with one attached hydrogen (secondary N) is 1. The largest absolute Gasteiger partial charge is 0.480 e. The van der Waals surface area contributed by atoms with Gasteiger partial charge in [-0.3, -0.25) is 4.79 Å². The van der Waals surface area contributed by atoms with Crippen LogP contribution in [0.3, 0.4) is 0 Å². The van der Waals surface area contributed by atoms with Crippen LogP contribution >= 0.6 is 0 Å². The molecular weight excluding hydrogens is 246 g/mol. The Balaban J connectivity index is 2.51. The van der Waals surface area contributed by atoms with Gasteiger partial charge in [0.25, 0.3) is 0 Å². The Kier molecular flexibility index (Phi) is 5.15. The lowest BCUT2D eigenvalue weighted by Gasteiger charge is -2.25. The summed E-state index contributed by atoms with van der Waals surface area (Å²) in [4.78, 5) is 23.0. The Morgan fingerprint density at radius 3 is 2.58 bits per heavy atom. The predicted molar refractivity (Wildman–Crippen MR) is 70.9 cm³/mol. The normalized spacial score (nSPS) is 13.8. The van der Waals surface area contributed by atoms with Crippen LogP contribution < -0.4 is 5.32 Å². The van der Waals surface area contributed by atoms with Gasteiger partial charge in [0.1, 0.15) is 17.1 Å². The molecule has 0 fully saturated rings. The van der Waals surface area contributed by atoms with E-state index in [1.165, 1.54) is 6.92 Å². The minimum Gasteiger partial charge on any atom is -0.480 e. The molecule has 0 radical (unpaired) electrons. The molecule has 1 rings (SSSR count). The molecule has 2 N–H and O–H groups in total. The minimum atomic E-state index is -1.19. The van der Waals surface area contributed by atoms with E-state index in [1.807, 2.05) is 26.0 Å². The van der Waals surface area contributed by atoms with Crippen molar-refractivity contribution in [2.75, 3.05) is 0 Å². The lowest BCUT2D eigenvalue weighted by atomic mass is 9.96. The van der Waals surface area contributed by atoms with Crippen molar-refractivity contribution in [3.8, 4) is 0 Å². The summed E-state index contributed by atoms with van der Waals surface area (Å²) in [5, 5.41) is 11.8. The third kappa shape index (κ3) is 4.43. The van der Waals surface area contributed by atoms with Crippen LogP contribution in [0.15, 0.2) is 16.5 Å². The zero-order valence-electron chi connectivity index (χ0n) is 11.7. The van der Waals surface area contributed by atoms with E-state index >= 15 is 0 Å². The molecule has 0 aliphatic carbocycles. The number of carboxylic acids is 1. The van der Waals surface area contributed by atoms with E-state index in [9.17, 15) is 9.59 Å². The van der Waals surface area contributed by atoms with Gasteiger partial charge in [0.05, 0.1) is 0 Å². The number of carbonyl (C=O) groups is 2. The Labute approximate surface area is 113 Å². The van der Waals surface area contributed by atoms with Gasteiger partial charge in [-0.2, -0.15) is 0 Å². The van der Waals surface area contributed by atoms with Crippen molar-refractivity contribution in [3.05, 3.63) is 23.7 Å². The van der Waals surface area contributed by atoms with Crippen LogP contribution in [0.5, 0.6) is 0 Å². The third-order valence-corrected chi connectivity index (χ3v) is 3.03. The molecule has 1 aromatic rings. The Hall–Kier alpha value is -1.78. The van der Waals surface area contributed by atoms with Crippen LogP contribution in [0.1, 0.15) is 44.6 Å². The monoisotopic (exact) mass is 267 g/mol. The van der Waals surface area contributed by atoms with Gasteiger partial charge < -0.3 is 14.8 Å². The molecule has 0 saturated carbocycles. The maximum Gasteiger partial charge on any atom is 0.329 e. The number of amides is 1. The highest BCUT2D eigenvalue weighted by Crippen LogP contribution is 2.14. The Morgan fingerprint density at radius 1 is 1.42 bits per heavy atom. The fourth-order valence-electron chi connectivity index (χ4n) is 1.95. The lowest BCUT2D eigenvalue weighted by molar-refractivity contribution is -0.147. The molecule has 0 saturated heterocycles. The van der Waals surface area contributed by atoms with Crippen LogP contribution in [0.4, 0.5) is 0 Å². The second kappa shape index (κ2) is 6.41. The van der Waals surface area contributed by atoms with Crippen LogP contribution in [0, 0.1) is 6.92 Å². The molecule has 1 aromatic heterocycles. The van der Waals surface area contributed by atoms with Gasteiger partial charge in [0.2, 0.25) is 5.91 Å². The maximum atomic E-state index is 11.8. The SMILES string of the molecule is CCC[C@](C)(NC(=O)CCc1ccc(C)o1)C(=O)O. The van der Waals surface area contributed by atoms with E-state index in [1.54, 1.807) is 0 Å². The van der Waals surface area contributed by atoms with Gasteiger partial charge in [0, 0.05) is 12.8 Å². The number of hydrogen-bond donors (Lipinski definition) is 2. The maximum absolute atomic E-state index is 11.8. The van der Waals surface area contributed by atoms with Crippen molar-refractivity contribution in [2.24, 2.45) is 0 Å².